The van der Waals surface area contributed by atoms with Crippen LogP contribution in [-0.2, 0) is 34.6 Å². The third-order valence-corrected chi connectivity index (χ3v) is 2.52. The maximum atomic E-state index is 8.25. The predicted octanol–water partition coefficient (Wildman–Crippen LogP) is -0.480. The molecule has 0 fully saturated rings. The average molecular weight is 274 g/mol. The molecule has 4 heteroatoms. The summed E-state index contributed by atoms with van der Waals surface area (Å²) in [6.45, 7) is 2.23. The molecule has 0 atom stereocenters. The van der Waals surface area contributed by atoms with Gasteiger partial charge in [0.05, 0.1) is 0 Å². The first-order valence-electron chi connectivity index (χ1n) is 5.34. The zero-order valence-electron chi connectivity index (χ0n) is 11.2. The molecule has 17 heavy (non-hydrogen) atoms. The van der Waals surface area contributed by atoms with Crippen LogP contribution >= 0.6 is 0 Å². The third kappa shape index (κ3) is 7.79. The van der Waals surface area contributed by atoms with Gasteiger partial charge in [0.2, 0.25) is 0 Å². The summed E-state index contributed by atoms with van der Waals surface area (Å²) in [6.07, 6.45) is 5.45. The maximum absolute atomic E-state index is 8.25. The SMILES string of the molecule is C[O-].C[O-].C[O-].C[c-]1ccc2c1CCCC2.[Ti+4]. The number of fused-ring (bicyclic) bond motifs is 1. The Bertz CT molecular complexity index is 247. The topological polar surface area (TPSA) is 69.2 Å². The van der Waals surface area contributed by atoms with E-state index >= 15 is 0 Å². The zero-order valence-corrected chi connectivity index (χ0v) is 12.8. The Hall–Kier alpha value is -0.0557. The van der Waals surface area contributed by atoms with Crippen molar-refractivity contribution < 1.29 is 37.0 Å². The summed E-state index contributed by atoms with van der Waals surface area (Å²) in [5.74, 6) is 0. The van der Waals surface area contributed by atoms with Crippen LogP contribution in [-0.4, -0.2) is 21.3 Å². The van der Waals surface area contributed by atoms with E-state index in [1.807, 2.05) is 0 Å². The first-order chi connectivity index (χ1) is 7.88. The fourth-order valence-corrected chi connectivity index (χ4v) is 1.89. The van der Waals surface area contributed by atoms with Crippen LogP contribution in [0.1, 0.15) is 29.5 Å². The van der Waals surface area contributed by atoms with Crippen molar-refractivity contribution in [2.45, 2.75) is 32.6 Å². The van der Waals surface area contributed by atoms with E-state index in [9.17, 15) is 0 Å². The summed E-state index contributed by atoms with van der Waals surface area (Å²) in [4.78, 5) is 0. The van der Waals surface area contributed by atoms with E-state index in [2.05, 4.69) is 19.1 Å². The van der Waals surface area contributed by atoms with E-state index in [0.717, 1.165) is 21.3 Å². The van der Waals surface area contributed by atoms with Gasteiger partial charge in [-0.15, -0.1) is 0 Å². The molecule has 0 N–H and O–H groups in total. The number of hydrogen-bond donors (Lipinski definition) is 0. The van der Waals surface area contributed by atoms with Gasteiger partial charge in [0.25, 0.3) is 0 Å². The van der Waals surface area contributed by atoms with Crippen molar-refractivity contribution in [2.24, 2.45) is 0 Å². The van der Waals surface area contributed by atoms with Gasteiger partial charge >= 0.3 is 21.7 Å². The van der Waals surface area contributed by atoms with Crippen LogP contribution < -0.4 is 15.3 Å². The molecule has 1 aromatic carbocycles. The molecule has 0 saturated heterocycles. The Labute approximate surface area is 120 Å². The van der Waals surface area contributed by atoms with Gasteiger partial charge in [0, 0.05) is 0 Å². The van der Waals surface area contributed by atoms with Crippen LogP contribution in [0.25, 0.3) is 0 Å². The molecule has 0 aliphatic heterocycles. The molecule has 0 heterocycles. The summed E-state index contributed by atoms with van der Waals surface area (Å²) in [6, 6.07) is 4.56. The second-order valence-corrected chi connectivity index (χ2v) is 3.23. The van der Waals surface area contributed by atoms with Crippen LogP contribution in [0.4, 0.5) is 0 Å². The van der Waals surface area contributed by atoms with Crippen LogP contribution in [0.15, 0.2) is 12.1 Å². The number of aryl methyl sites for hydroxylation is 2. The molecule has 1 aromatic rings. The Morgan fingerprint density at radius 1 is 0.941 bits per heavy atom. The Morgan fingerprint density at radius 3 is 1.88 bits per heavy atom. The fourth-order valence-electron chi connectivity index (χ4n) is 1.89. The first kappa shape index (κ1) is 22.2. The second kappa shape index (κ2) is 15.9. The molecule has 96 valence electrons. The minimum Gasteiger partial charge on any atom is -0.857 e. The molecule has 2 rings (SSSR count). The Kier molecular flexibility index (Phi) is 20.8. The van der Waals surface area contributed by atoms with Crippen LogP contribution in [0.3, 0.4) is 0 Å². The van der Waals surface area contributed by atoms with Crippen molar-refractivity contribution in [1.82, 2.24) is 0 Å². The van der Waals surface area contributed by atoms with Crippen LogP contribution in [0.5, 0.6) is 0 Å². The molecule has 0 bridgehead atoms. The van der Waals surface area contributed by atoms with Gasteiger partial charge in [-0.25, -0.2) is 6.07 Å². The van der Waals surface area contributed by atoms with Gasteiger partial charge in [-0.1, -0.05) is 32.6 Å². The third-order valence-electron chi connectivity index (χ3n) is 2.52. The normalized spacial score (nSPS) is 11.0. The van der Waals surface area contributed by atoms with E-state index in [1.54, 1.807) is 11.1 Å². The van der Waals surface area contributed by atoms with Crippen molar-refractivity contribution in [3.63, 3.8) is 0 Å². The summed E-state index contributed by atoms with van der Waals surface area (Å²) < 4.78 is 0. The van der Waals surface area contributed by atoms with E-state index in [4.69, 9.17) is 15.3 Å². The van der Waals surface area contributed by atoms with Gasteiger partial charge in [-0.2, -0.15) is 44.1 Å². The summed E-state index contributed by atoms with van der Waals surface area (Å²) in [5.41, 5.74) is 4.77. The van der Waals surface area contributed by atoms with E-state index in [-0.39, 0.29) is 21.7 Å². The van der Waals surface area contributed by atoms with Crippen molar-refractivity contribution in [3.8, 4) is 0 Å². The van der Waals surface area contributed by atoms with Crippen molar-refractivity contribution >= 4 is 0 Å². The van der Waals surface area contributed by atoms with Crippen LogP contribution in [0, 0.1) is 6.92 Å². The molecule has 3 nitrogen and oxygen atoms in total. The molecule has 0 spiro atoms. The molecule has 1 aliphatic rings. The smallest absolute Gasteiger partial charge is 0.857 e. The van der Waals surface area contributed by atoms with E-state index in [1.165, 1.54) is 31.2 Å². The number of hydrogen-bond acceptors (Lipinski definition) is 3. The van der Waals surface area contributed by atoms with Gasteiger partial charge in [0.15, 0.2) is 0 Å². The van der Waals surface area contributed by atoms with Crippen molar-refractivity contribution in [1.29, 1.82) is 0 Å². The van der Waals surface area contributed by atoms with Gasteiger partial charge in [0.1, 0.15) is 0 Å². The quantitative estimate of drug-likeness (QED) is 0.474. The molecule has 0 amide bonds. The van der Waals surface area contributed by atoms with E-state index in [0.29, 0.717) is 0 Å². The Morgan fingerprint density at radius 2 is 1.41 bits per heavy atom. The average Bonchev–Trinajstić information content (AvgIpc) is 2.79. The molecule has 0 unspecified atom stereocenters. The molecule has 0 radical (unpaired) electrons. The molecular weight excluding hydrogens is 252 g/mol. The summed E-state index contributed by atoms with van der Waals surface area (Å²) in [5, 5.41) is 24.8. The zero-order chi connectivity index (χ0) is 13.0. The largest absolute Gasteiger partial charge is 4.00 e. The minimum atomic E-state index is 0. The van der Waals surface area contributed by atoms with Gasteiger partial charge in [-0.3, -0.25) is 0 Å². The predicted molar refractivity (Wildman–Crippen MR) is 61.2 cm³/mol. The Balaban J connectivity index is -0.000000248. The fraction of sp³-hybridized carbons (Fsp3) is 0.615. The molecule has 1 aliphatic carbocycles. The first-order valence-corrected chi connectivity index (χ1v) is 5.34. The van der Waals surface area contributed by atoms with Crippen molar-refractivity contribution in [3.05, 3.63) is 28.8 Å². The number of rotatable bonds is 0. The van der Waals surface area contributed by atoms with Gasteiger partial charge < -0.3 is 15.3 Å². The van der Waals surface area contributed by atoms with E-state index < -0.39 is 0 Å². The molecule has 0 aromatic heterocycles. The monoisotopic (exact) mass is 274 g/mol. The molecule has 0 saturated carbocycles. The maximum Gasteiger partial charge on any atom is 4.00 e. The van der Waals surface area contributed by atoms with Crippen molar-refractivity contribution in [2.75, 3.05) is 21.3 Å². The molecular formula is C13H22O3Ti. The minimum absolute atomic E-state index is 0. The standard InChI is InChI=1S/C10H13.3CH3O.Ti/c1-8-6-7-9-4-2-3-5-10(8)9;3*1-2;/h6-7H,2-5H2,1H3;3*1H3;/q4*-1;+4. The summed E-state index contributed by atoms with van der Waals surface area (Å²) in [7, 11) is 2.25. The van der Waals surface area contributed by atoms with Crippen LogP contribution in [0.2, 0.25) is 0 Å². The second-order valence-electron chi connectivity index (χ2n) is 3.23. The van der Waals surface area contributed by atoms with Gasteiger partial charge in [-0.05, 0) is 0 Å². The summed E-state index contributed by atoms with van der Waals surface area (Å²) >= 11 is 0.